The maximum Gasteiger partial charge on any atom is 0.259 e. The smallest absolute Gasteiger partial charge is 0.259 e. The average molecular weight is 323 g/mol. The summed E-state index contributed by atoms with van der Waals surface area (Å²) in [5, 5.41) is 9.71. The average Bonchev–Trinajstić information content (AvgIpc) is 3.16. The van der Waals surface area contributed by atoms with Crippen LogP contribution < -0.4 is 14.8 Å². The van der Waals surface area contributed by atoms with Crippen molar-refractivity contribution < 1.29 is 14.3 Å². The summed E-state index contributed by atoms with van der Waals surface area (Å²) >= 11 is 0. The van der Waals surface area contributed by atoms with Crippen molar-refractivity contribution in [2.75, 3.05) is 19.5 Å². The third kappa shape index (κ3) is 3.22. The molecular formula is C18H17N3O3. The molecule has 0 saturated heterocycles. The SMILES string of the molecule is COc1ccc(C(=O)Nc2cccc(-c3ccn[nH]3)c2)c(OC)c1. The van der Waals surface area contributed by atoms with Gasteiger partial charge < -0.3 is 14.8 Å². The Morgan fingerprint density at radius 3 is 2.67 bits per heavy atom. The molecule has 0 saturated carbocycles. The zero-order valence-electron chi connectivity index (χ0n) is 13.4. The van der Waals surface area contributed by atoms with Crippen LogP contribution in [-0.4, -0.2) is 30.3 Å². The standard InChI is InChI=1S/C18H17N3O3/c1-23-14-6-7-15(17(11-14)24-2)18(22)20-13-5-3-4-12(10-13)16-8-9-19-21-16/h3-11H,1-2H3,(H,19,21)(H,20,22). The highest BCUT2D eigenvalue weighted by atomic mass is 16.5. The summed E-state index contributed by atoms with van der Waals surface area (Å²) in [6.07, 6.45) is 1.68. The molecule has 0 radical (unpaired) electrons. The first-order valence-electron chi connectivity index (χ1n) is 7.34. The number of anilines is 1. The minimum atomic E-state index is -0.253. The number of carbonyl (C=O) groups excluding carboxylic acids is 1. The zero-order chi connectivity index (χ0) is 16.9. The molecule has 0 aliphatic carbocycles. The number of nitrogens with zero attached hydrogens (tertiary/aromatic N) is 1. The van der Waals surface area contributed by atoms with Crippen LogP contribution in [0.25, 0.3) is 11.3 Å². The summed E-state index contributed by atoms with van der Waals surface area (Å²) in [5.74, 6) is 0.831. The van der Waals surface area contributed by atoms with Crippen LogP contribution in [0.1, 0.15) is 10.4 Å². The first-order valence-corrected chi connectivity index (χ1v) is 7.34. The van der Waals surface area contributed by atoms with Crippen molar-refractivity contribution >= 4 is 11.6 Å². The fourth-order valence-corrected chi connectivity index (χ4v) is 2.37. The topological polar surface area (TPSA) is 76.2 Å². The third-order valence-corrected chi connectivity index (χ3v) is 3.59. The van der Waals surface area contributed by atoms with Crippen LogP contribution in [0.5, 0.6) is 11.5 Å². The lowest BCUT2D eigenvalue weighted by Crippen LogP contribution is -2.13. The van der Waals surface area contributed by atoms with E-state index in [9.17, 15) is 4.79 Å². The quantitative estimate of drug-likeness (QED) is 0.755. The number of nitrogens with one attached hydrogen (secondary N) is 2. The van der Waals surface area contributed by atoms with Crippen LogP contribution in [0.3, 0.4) is 0 Å². The maximum atomic E-state index is 12.5. The van der Waals surface area contributed by atoms with Gasteiger partial charge >= 0.3 is 0 Å². The highest BCUT2D eigenvalue weighted by Crippen LogP contribution is 2.26. The Bertz CT molecular complexity index is 844. The van der Waals surface area contributed by atoms with E-state index in [0.29, 0.717) is 22.7 Å². The lowest BCUT2D eigenvalue weighted by molar-refractivity contribution is 0.102. The number of hydrogen-bond acceptors (Lipinski definition) is 4. The van der Waals surface area contributed by atoms with E-state index >= 15 is 0 Å². The van der Waals surface area contributed by atoms with E-state index in [1.54, 1.807) is 31.5 Å². The second-order valence-corrected chi connectivity index (χ2v) is 5.07. The van der Waals surface area contributed by atoms with Crippen LogP contribution in [0.4, 0.5) is 5.69 Å². The van der Waals surface area contributed by atoms with Crippen LogP contribution in [0.2, 0.25) is 0 Å². The van der Waals surface area contributed by atoms with Crippen molar-refractivity contribution in [3.8, 4) is 22.8 Å². The fraction of sp³-hybridized carbons (Fsp3) is 0.111. The molecule has 1 aromatic heterocycles. The minimum absolute atomic E-state index is 0.253. The van der Waals surface area contributed by atoms with Crippen molar-refractivity contribution in [1.82, 2.24) is 10.2 Å². The zero-order valence-corrected chi connectivity index (χ0v) is 13.4. The number of methoxy groups -OCH3 is 2. The molecule has 0 unspecified atom stereocenters. The highest BCUT2D eigenvalue weighted by molar-refractivity contribution is 6.06. The summed E-state index contributed by atoms with van der Waals surface area (Å²) in [6, 6.07) is 14.5. The molecule has 0 spiro atoms. The number of benzene rings is 2. The lowest BCUT2D eigenvalue weighted by Gasteiger charge is -2.11. The molecule has 1 heterocycles. The molecule has 6 heteroatoms. The van der Waals surface area contributed by atoms with Gasteiger partial charge in [0, 0.05) is 23.5 Å². The number of carbonyl (C=O) groups is 1. The molecule has 3 rings (SSSR count). The van der Waals surface area contributed by atoms with Gasteiger partial charge in [-0.1, -0.05) is 12.1 Å². The third-order valence-electron chi connectivity index (χ3n) is 3.59. The molecule has 0 fully saturated rings. The number of aromatic amines is 1. The minimum Gasteiger partial charge on any atom is -0.497 e. The van der Waals surface area contributed by atoms with Gasteiger partial charge in [-0.25, -0.2) is 0 Å². The van der Waals surface area contributed by atoms with Crippen LogP contribution in [0.15, 0.2) is 54.7 Å². The van der Waals surface area contributed by atoms with Gasteiger partial charge in [0.15, 0.2) is 0 Å². The summed E-state index contributed by atoms with van der Waals surface area (Å²) in [4.78, 5) is 12.5. The summed E-state index contributed by atoms with van der Waals surface area (Å²) in [5.41, 5.74) is 2.94. The maximum absolute atomic E-state index is 12.5. The number of ether oxygens (including phenoxy) is 2. The number of hydrogen-bond donors (Lipinski definition) is 2. The molecular weight excluding hydrogens is 306 g/mol. The van der Waals surface area contributed by atoms with Crippen LogP contribution >= 0.6 is 0 Å². The van der Waals surface area contributed by atoms with E-state index in [4.69, 9.17) is 9.47 Å². The van der Waals surface area contributed by atoms with Gasteiger partial charge in [-0.05, 0) is 30.3 Å². The second kappa shape index (κ2) is 6.87. The number of amides is 1. The van der Waals surface area contributed by atoms with Crippen molar-refractivity contribution in [1.29, 1.82) is 0 Å². The summed E-state index contributed by atoms with van der Waals surface area (Å²) in [6.45, 7) is 0. The predicted octanol–water partition coefficient (Wildman–Crippen LogP) is 3.35. The largest absolute Gasteiger partial charge is 0.497 e. The van der Waals surface area contributed by atoms with Gasteiger partial charge in [-0.2, -0.15) is 5.10 Å². The second-order valence-electron chi connectivity index (χ2n) is 5.07. The van der Waals surface area contributed by atoms with E-state index in [0.717, 1.165) is 11.3 Å². The van der Waals surface area contributed by atoms with Gasteiger partial charge in [-0.15, -0.1) is 0 Å². The monoisotopic (exact) mass is 323 g/mol. The van der Waals surface area contributed by atoms with Crippen molar-refractivity contribution in [2.24, 2.45) is 0 Å². The molecule has 2 N–H and O–H groups in total. The summed E-state index contributed by atoms with van der Waals surface area (Å²) < 4.78 is 10.4. The molecule has 2 aromatic carbocycles. The van der Waals surface area contributed by atoms with Crippen LogP contribution in [0, 0.1) is 0 Å². The van der Waals surface area contributed by atoms with Gasteiger partial charge in [0.2, 0.25) is 0 Å². The highest BCUT2D eigenvalue weighted by Gasteiger charge is 2.14. The number of rotatable bonds is 5. The number of H-pyrrole nitrogens is 1. The Labute approximate surface area is 139 Å². The molecule has 0 aliphatic rings. The van der Waals surface area contributed by atoms with E-state index in [-0.39, 0.29) is 5.91 Å². The Morgan fingerprint density at radius 1 is 1.08 bits per heavy atom. The molecule has 0 bridgehead atoms. The molecule has 3 aromatic rings. The predicted molar refractivity (Wildman–Crippen MR) is 91.5 cm³/mol. The van der Waals surface area contributed by atoms with Crippen molar-refractivity contribution in [3.05, 3.63) is 60.3 Å². The molecule has 0 atom stereocenters. The summed E-state index contributed by atoms with van der Waals surface area (Å²) in [7, 11) is 3.08. The van der Waals surface area contributed by atoms with E-state index < -0.39 is 0 Å². The molecule has 122 valence electrons. The number of aromatic nitrogens is 2. The Balaban J connectivity index is 1.84. The molecule has 6 nitrogen and oxygen atoms in total. The van der Waals surface area contributed by atoms with E-state index in [2.05, 4.69) is 15.5 Å². The molecule has 24 heavy (non-hydrogen) atoms. The normalized spacial score (nSPS) is 10.2. The van der Waals surface area contributed by atoms with Gasteiger partial charge in [-0.3, -0.25) is 9.89 Å². The Kier molecular flexibility index (Phi) is 4.47. The first kappa shape index (κ1) is 15.6. The van der Waals surface area contributed by atoms with E-state index in [1.807, 2.05) is 30.3 Å². The molecule has 0 aliphatic heterocycles. The van der Waals surface area contributed by atoms with Gasteiger partial charge in [0.1, 0.15) is 11.5 Å². The van der Waals surface area contributed by atoms with Crippen molar-refractivity contribution in [3.63, 3.8) is 0 Å². The van der Waals surface area contributed by atoms with Crippen LogP contribution in [-0.2, 0) is 0 Å². The Hall–Kier alpha value is -3.28. The fourth-order valence-electron chi connectivity index (χ4n) is 2.37. The van der Waals surface area contributed by atoms with Gasteiger partial charge in [0.05, 0.1) is 25.5 Å². The first-order chi connectivity index (χ1) is 11.7. The van der Waals surface area contributed by atoms with E-state index in [1.165, 1.54) is 7.11 Å². The lowest BCUT2D eigenvalue weighted by atomic mass is 10.1. The molecule has 1 amide bonds. The van der Waals surface area contributed by atoms with Crippen molar-refractivity contribution in [2.45, 2.75) is 0 Å². The Morgan fingerprint density at radius 2 is 1.96 bits per heavy atom. The van der Waals surface area contributed by atoms with Gasteiger partial charge in [0.25, 0.3) is 5.91 Å².